The van der Waals surface area contributed by atoms with Gasteiger partial charge in [-0.05, 0) is 48.8 Å². The standard InChI is InChI=1S/C31H24F7NO/c1-2-3-4-5-19-7-13-29(39-18-19)21-8-10-22(11-9-21)31(37,38)40-23-16-25(32)24(26(33)17-23)12-6-20-14-27(34)30(36)28(35)15-20/h7-11,13-18,27,30H,2-5H2,1H3. The lowest BCUT2D eigenvalue weighted by atomic mass is 10.0. The van der Waals surface area contributed by atoms with Gasteiger partial charge in [0, 0.05) is 29.5 Å². The van der Waals surface area contributed by atoms with E-state index < -0.39 is 52.8 Å². The molecule has 4 rings (SSSR count). The molecule has 0 spiro atoms. The van der Waals surface area contributed by atoms with Gasteiger partial charge in [0.1, 0.15) is 23.2 Å². The van der Waals surface area contributed by atoms with Crippen LogP contribution >= 0.6 is 0 Å². The zero-order chi connectivity index (χ0) is 28.9. The van der Waals surface area contributed by atoms with Crippen molar-refractivity contribution in [2.75, 3.05) is 0 Å². The molecule has 208 valence electrons. The molecule has 1 heterocycles. The quantitative estimate of drug-likeness (QED) is 0.157. The maximum Gasteiger partial charge on any atom is 0.426 e. The van der Waals surface area contributed by atoms with Gasteiger partial charge >= 0.3 is 6.11 Å². The van der Waals surface area contributed by atoms with Crippen molar-refractivity contribution in [1.82, 2.24) is 4.98 Å². The van der Waals surface area contributed by atoms with Crippen LogP contribution in [0, 0.1) is 23.5 Å². The average Bonchev–Trinajstić information content (AvgIpc) is 2.91. The third-order valence-corrected chi connectivity index (χ3v) is 6.18. The fraction of sp³-hybridized carbons (Fsp3) is 0.258. The minimum Gasteiger partial charge on any atom is -0.429 e. The molecule has 0 N–H and O–H groups in total. The van der Waals surface area contributed by atoms with Crippen LogP contribution in [-0.4, -0.2) is 17.3 Å². The summed E-state index contributed by atoms with van der Waals surface area (Å²) in [5.41, 5.74) is 0.572. The number of pyridine rings is 1. The molecule has 0 bridgehead atoms. The summed E-state index contributed by atoms with van der Waals surface area (Å²) < 4.78 is 103. The Morgan fingerprint density at radius 2 is 1.62 bits per heavy atom. The molecule has 1 aliphatic carbocycles. The molecule has 1 aliphatic rings. The second-order valence-corrected chi connectivity index (χ2v) is 9.21. The molecule has 2 atom stereocenters. The van der Waals surface area contributed by atoms with Crippen molar-refractivity contribution in [3.8, 4) is 28.8 Å². The topological polar surface area (TPSA) is 22.1 Å². The second-order valence-electron chi connectivity index (χ2n) is 9.21. The van der Waals surface area contributed by atoms with Gasteiger partial charge in [-0.15, -0.1) is 0 Å². The molecule has 0 amide bonds. The van der Waals surface area contributed by atoms with E-state index in [1.165, 1.54) is 12.1 Å². The first-order valence-electron chi connectivity index (χ1n) is 12.6. The van der Waals surface area contributed by atoms with Crippen molar-refractivity contribution in [2.24, 2.45) is 0 Å². The fourth-order valence-electron chi connectivity index (χ4n) is 3.99. The number of benzene rings is 2. The number of allylic oxidation sites excluding steroid dienone is 4. The van der Waals surface area contributed by atoms with Crippen molar-refractivity contribution in [2.45, 2.75) is 51.1 Å². The summed E-state index contributed by atoms with van der Waals surface area (Å²) in [4.78, 5) is 4.40. The summed E-state index contributed by atoms with van der Waals surface area (Å²) in [5.74, 6) is -0.693. The number of ether oxygens (including phenoxy) is 1. The zero-order valence-electron chi connectivity index (χ0n) is 21.3. The summed E-state index contributed by atoms with van der Waals surface area (Å²) in [6, 6.07) is 9.93. The van der Waals surface area contributed by atoms with E-state index in [4.69, 9.17) is 0 Å². The van der Waals surface area contributed by atoms with Crippen LogP contribution in [0.3, 0.4) is 0 Å². The summed E-state index contributed by atoms with van der Waals surface area (Å²) in [6.45, 7) is 2.12. The fourth-order valence-corrected chi connectivity index (χ4v) is 3.99. The molecule has 0 saturated heterocycles. The van der Waals surface area contributed by atoms with E-state index in [0.29, 0.717) is 35.5 Å². The van der Waals surface area contributed by atoms with Crippen molar-refractivity contribution in [3.05, 3.63) is 107 Å². The van der Waals surface area contributed by atoms with Crippen LogP contribution in [0.4, 0.5) is 30.7 Å². The monoisotopic (exact) mass is 559 g/mol. The van der Waals surface area contributed by atoms with Gasteiger partial charge in [-0.2, -0.15) is 8.78 Å². The third kappa shape index (κ3) is 6.92. The Hall–Kier alpha value is -4.06. The van der Waals surface area contributed by atoms with Crippen LogP contribution in [-0.2, 0) is 12.5 Å². The van der Waals surface area contributed by atoms with Gasteiger partial charge in [0.05, 0.1) is 16.8 Å². The maximum absolute atomic E-state index is 14.8. The van der Waals surface area contributed by atoms with Crippen LogP contribution < -0.4 is 4.74 Å². The normalized spacial score (nSPS) is 17.0. The highest BCUT2D eigenvalue weighted by atomic mass is 19.3. The molecule has 40 heavy (non-hydrogen) atoms. The molecule has 3 aromatic rings. The predicted octanol–water partition coefficient (Wildman–Crippen LogP) is 8.71. The predicted molar refractivity (Wildman–Crippen MR) is 138 cm³/mol. The van der Waals surface area contributed by atoms with E-state index in [9.17, 15) is 30.7 Å². The summed E-state index contributed by atoms with van der Waals surface area (Å²) >= 11 is 0. The van der Waals surface area contributed by atoms with Gasteiger partial charge < -0.3 is 4.74 Å². The molecular weight excluding hydrogens is 535 g/mol. The van der Waals surface area contributed by atoms with Crippen molar-refractivity contribution < 1.29 is 35.5 Å². The Morgan fingerprint density at radius 1 is 0.925 bits per heavy atom. The number of hydrogen-bond acceptors (Lipinski definition) is 2. The van der Waals surface area contributed by atoms with Gasteiger partial charge in [0.25, 0.3) is 0 Å². The Bertz CT molecular complexity index is 1450. The third-order valence-electron chi connectivity index (χ3n) is 6.18. The van der Waals surface area contributed by atoms with Crippen LogP contribution in [0.25, 0.3) is 11.3 Å². The van der Waals surface area contributed by atoms with Crippen molar-refractivity contribution >= 4 is 0 Å². The second kappa shape index (κ2) is 12.4. The van der Waals surface area contributed by atoms with E-state index in [1.807, 2.05) is 18.1 Å². The first-order valence-corrected chi connectivity index (χ1v) is 12.6. The first kappa shape index (κ1) is 28.9. The molecule has 0 radical (unpaired) electrons. The Kier molecular flexibility index (Phi) is 8.98. The molecule has 0 fully saturated rings. The van der Waals surface area contributed by atoms with Crippen LogP contribution in [0.15, 0.2) is 78.3 Å². The molecule has 2 nitrogen and oxygen atoms in total. The van der Waals surface area contributed by atoms with Crippen molar-refractivity contribution in [3.63, 3.8) is 0 Å². The lowest BCUT2D eigenvalue weighted by Gasteiger charge is -2.19. The summed E-state index contributed by atoms with van der Waals surface area (Å²) in [7, 11) is 0. The Morgan fingerprint density at radius 3 is 2.23 bits per heavy atom. The maximum atomic E-state index is 14.8. The van der Waals surface area contributed by atoms with E-state index in [0.717, 1.165) is 43.4 Å². The number of rotatable bonds is 8. The lowest BCUT2D eigenvalue weighted by molar-refractivity contribution is -0.185. The SMILES string of the molecule is CCCCCc1ccc(-c2ccc(C(F)(F)Oc3cc(F)c(C#CC4=CC(F)C(F)C(F)=C4)c(F)c3)cc2)nc1. The first-order chi connectivity index (χ1) is 19.1. The minimum absolute atomic E-state index is 0.328. The minimum atomic E-state index is -3.94. The van der Waals surface area contributed by atoms with Crippen LogP contribution in [0.1, 0.15) is 42.9 Å². The van der Waals surface area contributed by atoms with Crippen LogP contribution in [0.5, 0.6) is 5.75 Å². The molecule has 0 saturated carbocycles. The smallest absolute Gasteiger partial charge is 0.426 e. The number of alkyl halides is 4. The highest BCUT2D eigenvalue weighted by molar-refractivity contribution is 5.59. The number of hydrogen-bond donors (Lipinski definition) is 0. The van der Waals surface area contributed by atoms with Gasteiger partial charge in [-0.1, -0.05) is 49.8 Å². The van der Waals surface area contributed by atoms with Gasteiger partial charge in [-0.25, -0.2) is 22.0 Å². The largest absolute Gasteiger partial charge is 0.429 e. The molecular formula is C31H24F7NO. The number of unbranched alkanes of at least 4 members (excludes halogenated alkanes) is 2. The number of nitrogens with zero attached hydrogens (tertiary/aromatic N) is 1. The highest BCUT2D eigenvalue weighted by Crippen LogP contribution is 2.34. The van der Waals surface area contributed by atoms with E-state index in [2.05, 4.69) is 22.6 Å². The van der Waals surface area contributed by atoms with E-state index >= 15 is 0 Å². The Labute approximate surface area is 227 Å². The van der Waals surface area contributed by atoms with Gasteiger partial charge in [0.2, 0.25) is 0 Å². The molecule has 2 aromatic carbocycles. The van der Waals surface area contributed by atoms with Gasteiger partial charge in [0.15, 0.2) is 12.3 Å². The summed E-state index contributed by atoms with van der Waals surface area (Å²) in [5, 5.41) is 0. The average molecular weight is 560 g/mol. The summed E-state index contributed by atoms with van der Waals surface area (Å²) in [6.07, 6.45) is -1.47. The molecule has 9 heteroatoms. The molecule has 0 aliphatic heterocycles. The Balaban J connectivity index is 1.46. The number of halogens is 7. The van der Waals surface area contributed by atoms with Crippen LogP contribution in [0.2, 0.25) is 0 Å². The van der Waals surface area contributed by atoms with E-state index in [-0.39, 0.29) is 5.57 Å². The van der Waals surface area contributed by atoms with Gasteiger partial charge in [-0.3, -0.25) is 4.98 Å². The number of aromatic nitrogens is 1. The highest BCUT2D eigenvalue weighted by Gasteiger charge is 2.35. The lowest BCUT2D eigenvalue weighted by Crippen LogP contribution is -2.22. The zero-order valence-corrected chi connectivity index (χ0v) is 21.3. The number of aryl methyl sites for hydroxylation is 1. The molecule has 1 aromatic heterocycles. The van der Waals surface area contributed by atoms with Crippen molar-refractivity contribution in [1.29, 1.82) is 0 Å². The van der Waals surface area contributed by atoms with E-state index in [1.54, 1.807) is 6.20 Å². The molecule has 2 unspecified atom stereocenters.